The number of nitrogens with one attached hydrogen (secondary N) is 2. The number of carbonyl (C=O) groups is 2. The average molecular weight is 776 g/mol. The lowest BCUT2D eigenvalue weighted by atomic mass is 10.1. The van der Waals surface area contributed by atoms with Crippen molar-refractivity contribution in [2.24, 2.45) is 0 Å². The van der Waals surface area contributed by atoms with Gasteiger partial charge in [-0.25, -0.2) is 9.97 Å². The fraction of sp³-hybridized carbons (Fsp3) is 0.261. The highest BCUT2D eigenvalue weighted by Crippen LogP contribution is 2.25. The van der Waals surface area contributed by atoms with E-state index in [-0.39, 0.29) is 11.8 Å². The second-order valence-electron chi connectivity index (χ2n) is 14.3. The van der Waals surface area contributed by atoms with Crippen LogP contribution in [-0.2, 0) is 39.3 Å². The van der Waals surface area contributed by atoms with Crippen molar-refractivity contribution in [1.29, 1.82) is 0 Å². The molecule has 1 aliphatic rings. The van der Waals surface area contributed by atoms with E-state index >= 15 is 0 Å². The Morgan fingerprint density at radius 1 is 0.552 bits per heavy atom. The summed E-state index contributed by atoms with van der Waals surface area (Å²) in [5, 5.41) is 6.31. The van der Waals surface area contributed by atoms with E-state index in [1.54, 1.807) is 24.3 Å². The van der Waals surface area contributed by atoms with Crippen LogP contribution in [0.2, 0.25) is 0 Å². The number of nitrogens with zero attached hydrogens (tertiary/aromatic N) is 7. The molecule has 0 atom stereocenters. The molecule has 0 aliphatic carbocycles. The van der Waals surface area contributed by atoms with Crippen molar-refractivity contribution in [1.82, 2.24) is 34.6 Å². The van der Waals surface area contributed by atoms with Crippen molar-refractivity contribution in [2.45, 2.75) is 52.1 Å². The third-order valence-electron chi connectivity index (χ3n) is 9.88. The third-order valence-corrected chi connectivity index (χ3v) is 9.88. The highest BCUT2D eigenvalue weighted by atomic mass is 16.5. The van der Waals surface area contributed by atoms with Crippen LogP contribution in [0.5, 0.6) is 5.75 Å². The zero-order valence-electron chi connectivity index (χ0n) is 33.1. The number of imide groups is 1. The Labute approximate surface area is 340 Å². The number of unbranched alkanes of at least 4 members (excludes halogenated alkanes) is 1. The molecule has 2 aromatic carbocycles. The van der Waals surface area contributed by atoms with E-state index in [1.165, 1.54) is 4.90 Å². The van der Waals surface area contributed by atoms with Gasteiger partial charge in [0.15, 0.2) is 0 Å². The van der Waals surface area contributed by atoms with Gasteiger partial charge in [0.05, 0.1) is 40.5 Å². The Morgan fingerprint density at radius 2 is 1.03 bits per heavy atom. The van der Waals surface area contributed by atoms with Crippen LogP contribution in [0.4, 0.5) is 11.6 Å². The zero-order valence-corrected chi connectivity index (χ0v) is 33.1. The highest BCUT2D eigenvalue weighted by Gasteiger charge is 2.34. The number of fused-ring (bicyclic) bond motifs is 1. The number of aromatic nitrogens is 4. The largest absolute Gasteiger partial charge is 0.494 e. The predicted octanol–water partition coefficient (Wildman–Crippen LogP) is 7.21. The maximum Gasteiger partial charge on any atom is 0.261 e. The Hall–Kier alpha value is -6.50. The Bertz CT molecular complexity index is 2140. The molecular weight excluding hydrogens is 727 g/mol. The number of anilines is 2. The second kappa shape index (κ2) is 19.6. The van der Waals surface area contributed by atoms with Crippen LogP contribution in [0, 0.1) is 0 Å². The molecule has 2 N–H and O–H groups in total. The van der Waals surface area contributed by atoms with Crippen LogP contribution >= 0.6 is 0 Å². The first-order valence-electron chi connectivity index (χ1n) is 19.7. The third kappa shape index (κ3) is 10.7. The molecule has 0 spiro atoms. The molecule has 0 bridgehead atoms. The molecule has 1 aliphatic heterocycles. The monoisotopic (exact) mass is 775 g/mol. The number of hydrogen-bond acceptors (Lipinski definition) is 11. The van der Waals surface area contributed by atoms with Gasteiger partial charge in [-0.3, -0.25) is 34.3 Å². The molecular formula is C46H49N9O3. The van der Waals surface area contributed by atoms with E-state index in [9.17, 15) is 9.59 Å². The van der Waals surface area contributed by atoms with Gasteiger partial charge in [-0.05, 0) is 96.8 Å². The molecule has 0 radical (unpaired) electrons. The molecule has 296 valence electrons. The molecule has 58 heavy (non-hydrogen) atoms. The molecule has 12 nitrogen and oxygen atoms in total. The number of rotatable bonds is 20. The minimum absolute atomic E-state index is 0.231. The quantitative estimate of drug-likeness (QED) is 0.0603. The molecule has 5 heterocycles. The van der Waals surface area contributed by atoms with E-state index in [4.69, 9.17) is 14.7 Å². The molecule has 4 aromatic heterocycles. The maximum atomic E-state index is 12.9. The van der Waals surface area contributed by atoms with Crippen molar-refractivity contribution in [2.75, 3.05) is 37.9 Å². The molecule has 0 saturated carbocycles. The van der Waals surface area contributed by atoms with Gasteiger partial charge in [-0.15, -0.1) is 0 Å². The molecule has 2 amide bonds. The number of hydrogen-bond donors (Lipinski definition) is 2. The van der Waals surface area contributed by atoms with E-state index in [0.717, 1.165) is 51.3 Å². The summed E-state index contributed by atoms with van der Waals surface area (Å²) in [7, 11) is 3.75. The van der Waals surface area contributed by atoms with Crippen molar-refractivity contribution in [3.63, 3.8) is 0 Å². The molecule has 0 saturated heterocycles. The summed E-state index contributed by atoms with van der Waals surface area (Å²) >= 11 is 0. The van der Waals surface area contributed by atoms with Crippen LogP contribution in [0.25, 0.3) is 0 Å². The molecule has 12 heteroatoms. The summed E-state index contributed by atoms with van der Waals surface area (Å²) in [5.41, 5.74) is 6.96. The van der Waals surface area contributed by atoms with Crippen LogP contribution < -0.4 is 15.4 Å². The van der Waals surface area contributed by atoms with Crippen molar-refractivity contribution >= 4 is 23.5 Å². The smallest absolute Gasteiger partial charge is 0.261 e. The zero-order chi connectivity index (χ0) is 40.1. The van der Waals surface area contributed by atoms with Gasteiger partial charge in [0, 0.05) is 72.3 Å². The lowest BCUT2D eigenvalue weighted by Gasteiger charge is -2.25. The lowest BCUT2D eigenvalue weighted by molar-refractivity contribution is 0.0649. The number of amides is 2. The van der Waals surface area contributed by atoms with Crippen LogP contribution in [0.15, 0.2) is 128 Å². The van der Waals surface area contributed by atoms with E-state index in [2.05, 4.69) is 48.6 Å². The fourth-order valence-corrected chi connectivity index (χ4v) is 7.16. The first-order chi connectivity index (χ1) is 28.4. The van der Waals surface area contributed by atoms with Gasteiger partial charge < -0.3 is 15.4 Å². The summed E-state index contributed by atoms with van der Waals surface area (Å²) in [6.07, 6.45) is 4.95. The first kappa shape index (κ1) is 39.7. The summed E-state index contributed by atoms with van der Waals surface area (Å²) in [6.45, 7) is 4.51. The SMILES string of the molecule is CNc1cccc(CN(Cc2cc(CN(Cc3ccccn3)Cc3cccc(NC)n3)cc(OCCCCN3C(=O)c4ccccc4C3=O)c2)Cc2ccccn2)n1. The summed E-state index contributed by atoms with van der Waals surface area (Å²) in [4.78, 5) is 50.8. The van der Waals surface area contributed by atoms with Gasteiger partial charge in [-0.1, -0.05) is 42.5 Å². The van der Waals surface area contributed by atoms with Crippen molar-refractivity contribution in [3.8, 4) is 5.75 Å². The standard InChI is InChI=1S/C46H49N9O3/c1-47-43-19-11-15-38(51-43)32-53(30-36-13-5-7-21-49-36)28-34-25-35(29-54(31-37-14-6-8-22-50-37)33-39-16-12-20-44(48-2)52-39)27-40(26-34)58-24-10-9-23-55-45(56)41-17-3-4-18-42(41)46(55)57/h3-8,11-22,25-27H,9-10,23-24,28-33H2,1-2H3,(H,47,51)(H,48,52). The minimum Gasteiger partial charge on any atom is -0.494 e. The van der Waals surface area contributed by atoms with Gasteiger partial charge in [0.1, 0.15) is 17.4 Å². The van der Waals surface area contributed by atoms with Gasteiger partial charge in [0.2, 0.25) is 0 Å². The van der Waals surface area contributed by atoms with Crippen molar-refractivity contribution < 1.29 is 14.3 Å². The minimum atomic E-state index is -0.231. The average Bonchev–Trinajstić information content (AvgIpc) is 3.49. The molecule has 0 unspecified atom stereocenters. The maximum absolute atomic E-state index is 12.9. The Morgan fingerprint density at radius 3 is 1.52 bits per heavy atom. The Balaban J connectivity index is 1.12. The number of carbonyl (C=O) groups excluding carboxylic acids is 2. The van der Waals surface area contributed by atoms with Gasteiger partial charge in [-0.2, -0.15) is 0 Å². The fourth-order valence-electron chi connectivity index (χ4n) is 7.16. The van der Waals surface area contributed by atoms with Crippen LogP contribution in [-0.4, -0.2) is 73.7 Å². The van der Waals surface area contributed by atoms with Gasteiger partial charge in [0.25, 0.3) is 11.8 Å². The predicted molar refractivity (Wildman–Crippen MR) is 225 cm³/mol. The number of benzene rings is 2. The topological polar surface area (TPSA) is 129 Å². The molecule has 7 rings (SSSR count). The number of ether oxygens (including phenoxy) is 1. The lowest BCUT2D eigenvalue weighted by Crippen LogP contribution is -2.30. The number of pyridine rings is 4. The molecule has 6 aromatic rings. The summed E-state index contributed by atoms with van der Waals surface area (Å²) < 4.78 is 6.47. The van der Waals surface area contributed by atoms with Crippen LogP contribution in [0.1, 0.15) is 67.5 Å². The highest BCUT2D eigenvalue weighted by molar-refractivity contribution is 6.21. The first-order valence-corrected chi connectivity index (χ1v) is 19.7. The van der Waals surface area contributed by atoms with Gasteiger partial charge >= 0.3 is 0 Å². The second-order valence-corrected chi connectivity index (χ2v) is 14.3. The van der Waals surface area contributed by atoms with E-state index in [0.29, 0.717) is 76.4 Å². The normalized spacial score (nSPS) is 12.3. The molecule has 0 fully saturated rings. The van der Waals surface area contributed by atoms with E-state index < -0.39 is 0 Å². The Kier molecular flexibility index (Phi) is 13.4. The summed E-state index contributed by atoms with van der Waals surface area (Å²) in [5.74, 6) is 1.93. The van der Waals surface area contributed by atoms with Crippen molar-refractivity contribution in [3.05, 3.63) is 173 Å². The van der Waals surface area contributed by atoms with Crippen LogP contribution in [0.3, 0.4) is 0 Å². The van der Waals surface area contributed by atoms with E-state index in [1.807, 2.05) is 99.3 Å². The summed E-state index contributed by atoms with van der Waals surface area (Å²) in [6, 6.07) is 37.5.